The van der Waals surface area contributed by atoms with Crippen LogP contribution in [-0.2, 0) is 16.6 Å². The number of rotatable bonds is 5. The average molecular weight is 400 g/mol. The van der Waals surface area contributed by atoms with Crippen molar-refractivity contribution in [3.05, 3.63) is 72.7 Å². The predicted octanol–water partition coefficient (Wildman–Crippen LogP) is 3.35. The Morgan fingerprint density at radius 2 is 1.80 bits per heavy atom. The molecule has 0 amide bonds. The molecule has 0 saturated heterocycles. The molecule has 2 aromatic heterocycles. The molecule has 25 heavy (non-hydrogen) atoms. The minimum atomic E-state index is -3.65. The van der Waals surface area contributed by atoms with Gasteiger partial charge < -0.3 is 5.32 Å². The van der Waals surface area contributed by atoms with Crippen molar-refractivity contribution in [3.8, 4) is 11.3 Å². The monoisotopic (exact) mass is 399 g/mol. The summed E-state index contributed by atoms with van der Waals surface area (Å²) < 4.78 is 27.3. The van der Waals surface area contributed by atoms with Crippen LogP contribution in [-0.4, -0.2) is 24.4 Å². The molecule has 0 radical (unpaired) electrons. The molecule has 3 rings (SSSR count). The number of benzene rings is 1. The minimum absolute atomic E-state index is 0. The van der Waals surface area contributed by atoms with Gasteiger partial charge in [0, 0.05) is 30.7 Å². The van der Waals surface area contributed by atoms with E-state index in [0.717, 1.165) is 11.1 Å². The van der Waals surface area contributed by atoms with Gasteiger partial charge >= 0.3 is 0 Å². The van der Waals surface area contributed by atoms with E-state index in [1.54, 1.807) is 55.0 Å². The highest BCUT2D eigenvalue weighted by Gasteiger charge is 2.21. The summed E-state index contributed by atoms with van der Waals surface area (Å²) in [5.74, 6) is 0. The summed E-state index contributed by atoms with van der Waals surface area (Å²) in [4.78, 5) is 4.35. The second-order valence-corrected chi connectivity index (χ2v) is 6.93. The first kappa shape index (κ1) is 21.2. The summed E-state index contributed by atoms with van der Waals surface area (Å²) in [6.45, 7) is 0.588. The summed E-state index contributed by atoms with van der Waals surface area (Å²) in [6.07, 6.45) is 4.98. The molecule has 0 aliphatic carbocycles. The number of aromatic nitrogens is 2. The Kier molecular flexibility index (Phi) is 7.63. The molecule has 0 unspecified atom stereocenters. The van der Waals surface area contributed by atoms with Crippen LogP contribution in [0.25, 0.3) is 11.3 Å². The van der Waals surface area contributed by atoms with Gasteiger partial charge in [0.25, 0.3) is 10.0 Å². The van der Waals surface area contributed by atoms with E-state index in [-0.39, 0.29) is 29.7 Å². The Bertz CT molecular complexity index is 898. The van der Waals surface area contributed by atoms with Gasteiger partial charge in [-0.05, 0) is 42.9 Å². The first-order chi connectivity index (χ1) is 11.1. The van der Waals surface area contributed by atoms with Crippen LogP contribution >= 0.6 is 24.8 Å². The summed E-state index contributed by atoms with van der Waals surface area (Å²) >= 11 is 0. The van der Waals surface area contributed by atoms with E-state index in [4.69, 9.17) is 0 Å². The highest BCUT2D eigenvalue weighted by Crippen LogP contribution is 2.26. The topological polar surface area (TPSA) is 64.0 Å². The van der Waals surface area contributed by atoms with Crippen molar-refractivity contribution in [3.63, 3.8) is 0 Å². The van der Waals surface area contributed by atoms with Crippen molar-refractivity contribution in [1.29, 1.82) is 0 Å². The zero-order chi connectivity index (χ0) is 16.3. The van der Waals surface area contributed by atoms with Crippen LogP contribution in [0.2, 0.25) is 0 Å². The molecule has 0 spiro atoms. The van der Waals surface area contributed by atoms with Crippen molar-refractivity contribution in [1.82, 2.24) is 14.3 Å². The van der Waals surface area contributed by atoms with E-state index in [1.807, 2.05) is 19.2 Å². The molecule has 0 aliphatic heterocycles. The lowest BCUT2D eigenvalue weighted by atomic mass is 10.2. The van der Waals surface area contributed by atoms with Crippen LogP contribution < -0.4 is 5.32 Å². The Hall–Kier alpha value is -1.86. The second kappa shape index (κ2) is 9.01. The average Bonchev–Trinajstić information content (AvgIpc) is 3.02. The van der Waals surface area contributed by atoms with Crippen LogP contribution in [0, 0.1) is 0 Å². The van der Waals surface area contributed by atoms with Crippen molar-refractivity contribution >= 4 is 34.8 Å². The number of hydrogen-bond acceptors (Lipinski definition) is 4. The molecule has 3 aromatic rings. The van der Waals surface area contributed by atoms with Gasteiger partial charge in [-0.15, -0.1) is 24.8 Å². The summed E-state index contributed by atoms with van der Waals surface area (Å²) in [7, 11) is -1.83. The Balaban J connectivity index is 0.00000156. The van der Waals surface area contributed by atoms with Crippen LogP contribution in [0.4, 0.5) is 0 Å². The van der Waals surface area contributed by atoms with E-state index >= 15 is 0 Å². The molecule has 0 fully saturated rings. The molecule has 0 saturated carbocycles. The van der Waals surface area contributed by atoms with Gasteiger partial charge in [-0.25, -0.2) is 12.4 Å². The molecular formula is C17H19Cl2N3O2S. The molecule has 134 valence electrons. The van der Waals surface area contributed by atoms with Crippen LogP contribution in [0.3, 0.4) is 0 Å². The molecule has 0 atom stereocenters. The van der Waals surface area contributed by atoms with Gasteiger partial charge in [-0.2, -0.15) is 0 Å². The lowest BCUT2D eigenvalue weighted by Gasteiger charge is -2.10. The molecule has 8 heteroatoms. The van der Waals surface area contributed by atoms with Crippen LogP contribution in [0.15, 0.2) is 72.0 Å². The van der Waals surface area contributed by atoms with E-state index in [2.05, 4.69) is 10.3 Å². The molecule has 1 aromatic carbocycles. The van der Waals surface area contributed by atoms with Crippen molar-refractivity contribution in [2.24, 2.45) is 0 Å². The molecule has 5 nitrogen and oxygen atoms in total. The van der Waals surface area contributed by atoms with Gasteiger partial charge in [0.1, 0.15) is 0 Å². The highest BCUT2D eigenvalue weighted by atomic mass is 35.5. The van der Waals surface area contributed by atoms with Gasteiger partial charge in [-0.1, -0.05) is 18.2 Å². The number of nitrogens with zero attached hydrogens (tertiary/aromatic N) is 2. The minimum Gasteiger partial charge on any atom is -0.316 e. The fraction of sp³-hybridized carbons (Fsp3) is 0.118. The summed E-state index contributed by atoms with van der Waals surface area (Å²) in [5.41, 5.74) is 2.26. The van der Waals surface area contributed by atoms with Crippen molar-refractivity contribution < 1.29 is 8.42 Å². The fourth-order valence-corrected chi connectivity index (χ4v) is 3.85. The third-order valence-electron chi connectivity index (χ3n) is 3.48. The first-order valence-corrected chi connectivity index (χ1v) is 8.64. The quantitative estimate of drug-likeness (QED) is 0.714. The Morgan fingerprint density at radius 3 is 2.40 bits per heavy atom. The zero-order valence-electron chi connectivity index (χ0n) is 13.5. The predicted molar refractivity (Wildman–Crippen MR) is 104 cm³/mol. The Labute approximate surface area is 160 Å². The van der Waals surface area contributed by atoms with E-state index in [9.17, 15) is 8.42 Å². The van der Waals surface area contributed by atoms with Gasteiger partial charge in [-0.3, -0.25) is 4.98 Å². The summed E-state index contributed by atoms with van der Waals surface area (Å²) in [6, 6.07) is 13.9. The largest absolute Gasteiger partial charge is 0.316 e. The number of nitrogens with one attached hydrogen (secondary N) is 1. The smallest absolute Gasteiger partial charge is 0.268 e. The Morgan fingerprint density at radius 1 is 1.08 bits per heavy atom. The zero-order valence-corrected chi connectivity index (χ0v) is 15.9. The second-order valence-electron chi connectivity index (χ2n) is 5.12. The molecular weight excluding hydrogens is 381 g/mol. The van der Waals surface area contributed by atoms with E-state index < -0.39 is 10.0 Å². The van der Waals surface area contributed by atoms with Gasteiger partial charge in [0.15, 0.2) is 0 Å². The van der Waals surface area contributed by atoms with Crippen LogP contribution in [0.5, 0.6) is 0 Å². The number of halogens is 2. The van der Waals surface area contributed by atoms with Crippen molar-refractivity contribution in [2.45, 2.75) is 11.4 Å². The maximum absolute atomic E-state index is 13.0. The number of pyridine rings is 1. The third-order valence-corrected chi connectivity index (χ3v) is 5.17. The van der Waals surface area contributed by atoms with Gasteiger partial charge in [0.2, 0.25) is 0 Å². The molecule has 0 bridgehead atoms. The first-order valence-electron chi connectivity index (χ1n) is 7.20. The molecule has 0 aliphatic rings. The molecule has 1 N–H and O–H groups in total. The number of hydrogen-bond donors (Lipinski definition) is 1. The molecule has 2 heterocycles. The normalized spacial score (nSPS) is 10.6. The van der Waals surface area contributed by atoms with E-state index in [1.165, 1.54) is 3.97 Å². The fourth-order valence-electron chi connectivity index (χ4n) is 2.43. The summed E-state index contributed by atoms with van der Waals surface area (Å²) in [5, 5.41) is 3.04. The SMILES string of the molecule is CNCc1cc(-c2cccnc2)n(S(=O)(=O)c2ccccc2)c1.Cl.Cl. The van der Waals surface area contributed by atoms with Crippen LogP contribution in [0.1, 0.15) is 5.56 Å². The third kappa shape index (κ3) is 4.41. The lowest BCUT2D eigenvalue weighted by Crippen LogP contribution is -2.13. The van der Waals surface area contributed by atoms with Gasteiger partial charge in [0.05, 0.1) is 10.6 Å². The van der Waals surface area contributed by atoms with Crippen molar-refractivity contribution in [2.75, 3.05) is 7.05 Å². The standard InChI is InChI=1S/C17H17N3O2S.2ClH/c1-18-11-14-10-17(15-6-5-9-19-12-15)20(13-14)23(21,22)16-7-3-2-4-8-16;;/h2-10,12-13,18H,11H2,1H3;2*1H. The maximum Gasteiger partial charge on any atom is 0.268 e. The highest BCUT2D eigenvalue weighted by molar-refractivity contribution is 7.90. The maximum atomic E-state index is 13.0. The van der Waals surface area contributed by atoms with E-state index in [0.29, 0.717) is 12.2 Å². The lowest BCUT2D eigenvalue weighted by molar-refractivity contribution is 0.588.